The van der Waals surface area contributed by atoms with Gasteiger partial charge in [-0.25, -0.2) is 0 Å². The molecule has 1 N–H and O–H groups in total. The normalized spacial score (nSPS) is 9.91. The van der Waals surface area contributed by atoms with Gasteiger partial charge in [0.25, 0.3) is 0 Å². The van der Waals surface area contributed by atoms with Crippen LogP contribution in [0.1, 0.15) is 72.6 Å². The molecule has 5 nitrogen and oxygen atoms in total. The fourth-order valence-electron chi connectivity index (χ4n) is 1.77. The molecule has 23 heavy (non-hydrogen) atoms. The van der Waals surface area contributed by atoms with Crippen LogP contribution < -0.4 is 5.32 Å². The van der Waals surface area contributed by atoms with E-state index in [2.05, 4.69) is 5.32 Å². The van der Waals surface area contributed by atoms with E-state index in [1.54, 1.807) is 0 Å². The van der Waals surface area contributed by atoms with Crippen molar-refractivity contribution in [1.29, 1.82) is 0 Å². The second-order valence-electron chi connectivity index (χ2n) is 4.97. The molecule has 0 aromatic carbocycles. The number of nitrogens with one attached hydrogen (secondary N) is 1. The van der Waals surface area contributed by atoms with Crippen LogP contribution in [-0.2, 0) is 19.1 Å². The molecular weight excluding hydrogens is 294 g/mol. The highest BCUT2D eigenvalue weighted by atomic mass is 16.5. The summed E-state index contributed by atoms with van der Waals surface area (Å²) in [5.41, 5.74) is 0. The van der Waals surface area contributed by atoms with E-state index in [1.165, 1.54) is 0 Å². The Balaban J connectivity index is 0. The van der Waals surface area contributed by atoms with Gasteiger partial charge in [0, 0.05) is 52.2 Å². The molecule has 0 heterocycles. The Morgan fingerprint density at radius 3 is 2.04 bits per heavy atom. The minimum atomic E-state index is 0.0237. The van der Waals surface area contributed by atoms with Crippen molar-refractivity contribution in [1.82, 2.24) is 5.32 Å². The molecule has 138 valence electrons. The largest absolute Gasteiger partial charge is 0.382 e. The van der Waals surface area contributed by atoms with Crippen molar-refractivity contribution < 1.29 is 19.1 Å². The molecule has 0 bridgehead atoms. The fraction of sp³-hybridized carbons (Fsp3) is 0.889. The molecule has 1 amide bonds. The second kappa shape index (κ2) is 21.1. The van der Waals surface area contributed by atoms with E-state index in [9.17, 15) is 9.59 Å². The summed E-state index contributed by atoms with van der Waals surface area (Å²) in [5, 5.41) is 2.84. The van der Waals surface area contributed by atoms with Gasteiger partial charge >= 0.3 is 0 Å². The fourth-order valence-corrected chi connectivity index (χ4v) is 1.77. The maximum atomic E-state index is 11.5. The first-order valence-electron chi connectivity index (χ1n) is 9.14. The smallest absolute Gasteiger partial charge is 0.220 e. The molecule has 0 aliphatic rings. The van der Waals surface area contributed by atoms with Gasteiger partial charge in [-0.15, -0.1) is 0 Å². The number of ketones is 1. The number of Topliss-reactive ketones (excluding diaryl/α,β-unsaturated/α-hetero) is 1. The third kappa shape index (κ3) is 21.1. The number of hydrogen-bond donors (Lipinski definition) is 1. The predicted octanol–water partition coefficient (Wildman–Crippen LogP) is 3.50. The molecule has 0 spiro atoms. The minimum Gasteiger partial charge on any atom is -0.382 e. The molecule has 0 atom stereocenters. The van der Waals surface area contributed by atoms with Crippen LogP contribution in [-0.4, -0.2) is 44.7 Å². The van der Waals surface area contributed by atoms with Gasteiger partial charge in [-0.1, -0.05) is 20.8 Å². The van der Waals surface area contributed by atoms with Crippen LogP contribution in [0, 0.1) is 0 Å². The monoisotopic (exact) mass is 331 g/mol. The van der Waals surface area contributed by atoms with Crippen molar-refractivity contribution in [2.45, 2.75) is 72.6 Å². The van der Waals surface area contributed by atoms with E-state index >= 15 is 0 Å². The van der Waals surface area contributed by atoms with E-state index in [0.29, 0.717) is 38.8 Å². The molecule has 0 fully saturated rings. The minimum absolute atomic E-state index is 0.0237. The summed E-state index contributed by atoms with van der Waals surface area (Å²) in [6.45, 7) is 11.5. The summed E-state index contributed by atoms with van der Waals surface area (Å²) in [6.07, 6.45) is 5.02. The molecule has 0 aromatic heterocycles. The topological polar surface area (TPSA) is 64.6 Å². The van der Waals surface area contributed by atoms with Crippen LogP contribution in [0.4, 0.5) is 0 Å². The number of carbonyl (C=O) groups is 2. The van der Waals surface area contributed by atoms with Gasteiger partial charge in [-0.2, -0.15) is 0 Å². The maximum Gasteiger partial charge on any atom is 0.220 e. The zero-order valence-electron chi connectivity index (χ0n) is 15.6. The average Bonchev–Trinajstić information content (AvgIpc) is 2.58. The predicted molar refractivity (Wildman–Crippen MR) is 94.7 cm³/mol. The van der Waals surface area contributed by atoms with E-state index in [1.807, 2.05) is 27.7 Å². The van der Waals surface area contributed by atoms with Crippen LogP contribution in [0.5, 0.6) is 0 Å². The van der Waals surface area contributed by atoms with E-state index < -0.39 is 0 Å². The lowest BCUT2D eigenvalue weighted by Gasteiger charge is -2.06. The van der Waals surface area contributed by atoms with Crippen LogP contribution in [0.2, 0.25) is 0 Å². The first-order chi connectivity index (χ1) is 11.2. The molecule has 0 aliphatic carbocycles. The Morgan fingerprint density at radius 2 is 1.43 bits per heavy atom. The third-order valence-electron chi connectivity index (χ3n) is 3.07. The van der Waals surface area contributed by atoms with E-state index in [-0.39, 0.29) is 11.7 Å². The van der Waals surface area contributed by atoms with Gasteiger partial charge in [0.05, 0.1) is 0 Å². The molecule has 0 unspecified atom stereocenters. The second-order valence-corrected chi connectivity index (χ2v) is 4.97. The van der Waals surface area contributed by atoms with Crippen molar-refractivity contribution in [2.75, 3.05) is 33.0 Å². The lowest BCUT2D eigenvalue weighted by atomic mass is 10.1. The summed E-state index contributed by atoms with van der Waals surface area (Å²) in [7, 11) is 0. The van der Waals surface area contributed by atoms with Gasteiger partial charge in [0.2, 0.25) is 5.91 Å². The number of hydrogen-bond acceptors (Lipinski definition) is 4. The van der Waals surface area contributed by atoms with Crippen LogP contribution >= 0.6 is 0 Å². The zero-order chi connectivity index (χ0) is 17.8. The third-order valence-corrected chi connectivity index (χ3v) is 3.07. The number of ether oxygens (including phenoxy) is 2. The van der Waals surface area contributed by atoms with Crippen LogP contribution in [0.15, 0.2) is 0 Å². The quantitative estimate of drug-likeness (QED) is 0.466. The zero-order valence-corrected chi connectivity index (χ0v) is 15.6. The first kappa shape index (κ1) is 24.3. The van der Waals surface area contributed by atoms with Gasteiger partial charge < -0.3 is 14.8 Å². The Bertz CT molecular complexity index is 270. The highest BCUT2D eigenvalue weighted by Gasteiger charge is 2.03. The standard InChI is InChI=1S/C16H31NO4.C2H6/c1-3-15(18)9-7-10-16(19)17-11-8-14-21-13-6-5-12-20-4-2;1-2/h3-14H2,1-2H3,(H,17,19);1-2H3. The van der Waals surface area contributed by atoms with Crippen molar-refractivity contribution in [2.24, 2.45) is 0 Å². The Morgan fingerprint density at radius 1 is 0.826 bits per heavy atom. The molecule has 0 saturated heterocycles. The maximum absolute atomic E-state index is 11.5. The SMILES string of the molecule is CC.CCOCCCCOCCCNC(=O)CCCC(=O)CC. The van der Waals surface area contributed by atoms with Gasteiger partial charge in [0.15, 0.2) is 0 Å². The number of unbranched alkanes of at least 4 members (excludes halogenated alkanes) is 1. The van der Waals surface area contributed by atoms with Crippen LogP contribution in [0.25, 0.3) is 0 Å². The number of carbonyl (C=O) groups excluding carboxylic acids is 2. The Hall–Kier alpha value is -0.940. The Labute approximate surface area is 142 Å². The highest BCUT2D eigenvalue weighted by molar-refractivity contribution is 5.79. The molecule has 0 radical (unpaired) electrons. The molecule has 0 aromatic rings. The molecular formula is C18H37NO4. The summed E-state index contributed by atoms with van der Waals surface area (Å²) in [4.78, 5) is 22.6. The van der Waals surface area contributed by atoms with Crippen LogP contribution in [0.3, 0.4) is 0 Å². The van der Waals surface area contributed by atoms with Crippen molar-refractivity contribution in [3.05, 3.63) is 0 Å². The van der Waals surface area contributed by atoms with Gasteiger partial charge in [-0.05, 0) is 32.6 Å². The van der Waals surface area contributed by atoms with E-state index in [4.69, 9.17) is 9.47 Å². The van der Waals surface area contributed by atoms with Crippen molar-refractivity contribution in [3.63, 3.8) is 0 Å². The molecule has 0 rings (SSSR count). The van der Waals surface area contributed by atoms with Crippen molar-refractivity contribution >= 4 is 11.7 Å². The molecule has 0 aliphatic heterocycles. The lowest BCUT2D eigenvalue weighted by Crippen LogP contribution is -2.25. The molecule has 5 heteroatoms. The summed E-state index contributed by atoms with van der Waals surface area (Å²) < 4.78 is 10.7. The summed E-state index contributed by atoms with van der Waals surface area (Å²) in [5.74, 6) is 0.246. The van der Waals surface area contributed by atoms with Gasteiger partial charge in [-0.3, -0.25) is 9.59 Å². The Kier molecular flexibility index (Phi) is 22.3. The first-order valence-corrected chi connectivity index (χ1v) is 9.14. The summed E-state index contributed by atoms with van der Waals surface area (Å²) in [6, 6.07) is 0. The van der Waals surface area contributed by atoms with Gasteiger partial charge in [0.1, 0.15) is 5.78 Å². The number of rotatable bonds is 15. The number of amides is 1. The molecule has 0 saturated carbocycles. The average molecular weight is 331 g/mol. The highest BCUT2D eigenvalue weighted by Crippen LogP contribution is 1.99. The van der Waals surface area contributed by atoms with E-state index in [0.717, 1.165) is 39.1 Å². The summed E-state index contributed by atoms with van der Waals surface area (Å²) >= 11 is 0. The lowest BCUT2D eigenvalue weighted by molar-refractivity contribution is -0.121. The van der Waals surface area contributed by atoms with Crippen molar-refractivity contribution in [3.8, 4) is 0 Å².